The zero-order valence-electron chi connectivity index (χ0n) is 12.0. The van der Waals surface area contributed by atoms with Crippen molar-refractivity contribution in [2.24, 2.45) is 17.8 Å². The topological polar surface area (TPSA) is 46.2 Å². The third kappa shape index (κ3) is 3.72. The predicted octanol–water partition coefficient (Wildman–Crippen LogP) is 2.37. The van der Waals surface area contributed by atoms with E-state index in [0.717, 1.165) is 50.0 Å². The summed E-state index contributed by atoms with van der Waals surface area (Å²) in [6.45, 7) is 1.14. The molecule has 0 aliphatic heterocycles. The van der Waals surface area contributed by atoms with E-state index in [0.29, 0.717) is 6.04 Å². The molecule has 19 heavy (non-hydrogen) atoms. The van der Waals surface area contributed by atoms with Crippen LogP contribution in [0.1, 0.15) is 51.4 Å². The lowest BCUT2D eigenvalue weighted by atomic mass is 9.93. The lowest BCUT2D eigenvalue weighted by molar-refractivity contribution is 0.313. The highest BCUT2D eigenvalue weighted by molar-refractivity contribution is 7.91. The van der Waals surface area contributed by atoms with E-state index in [4.69, 9.17) is 0 Å². The third-order valence-electron chi connectivity index (χ3n) is 5.33. The molecule has 3 fully saturated rings. The highest BCUT2D eigenvalue weighted by Crippen LogP contribution is 2.48. The quantitative estimate of drug-likeness (QED) is 0.815. The molecule has 2 unspecified atom stereocenters. The van der Waals surface area contributed by atoms with E-state index < -0.39 is 9.84 Å². The van der Waals surface area contributed by atoms with E-state index in [1.54, 1.807) is 0 Å². The molecule has 0 saturated heterocycles. The van der Waals surface area contributed by atoms with Crippen LogP contribution >= 0.6 is 0 Å². The molecule has 0 aromatic rings. The average Bonchev–Trinajstić information content (AvgIpc) is 3.23. The second-order valence-electron chi connectivity index (χ2n) is 7.06. The van der Waals surface area contributed by atoms with Gasteiger partial charge >= 0.3 is 0 Å². The van der Waals surface area contributed by atoms with E-state index in [-0.39, 0.29) is 5.25 Å². The van der Waals surface area contributed by atoms with Crippen molar-refractivity contribution in [2.75, 3.05) is 12.8 Å². The maximum atomic E-state index is 11.7. The fourth-order valence-electron chi connectivity index (χ4n) is 3.79. The minimum atomic E-state index is -2.85. The van der Waals surface area contributed by atoms with Crippen molar-refractivity contribution in [1.29, 1.82) is 0 Å². The zero-order chi connectivity index (χ0) is 13.5. The molecule has 0 amide bonds. The smallest absolute Gasteiger partial charge is 0.150 e. The molecule has 110 valence electrons. The molecule has 0 spiro atoms. The first-order valence-electron chi connectivity index (χ1n) is 7.96. The molecular formula is C15H27NO2S. The van der Waals surface area contributed by atoms with Crippen molar-refractivity contribution in [3.05, 3.63) is 0 Å². The third-order valence-corrected chi connectivity index (χ3v) is 6.97. The average molecular weight is 285 g/mol. The lowest BCUT2D eigenvalue weighted by Gasteiger charge is -2.30. The zero-order valence-corrected chi connectivity index (χ0v) is 12.8. The van der Waals surface area contributed by atoms with Crippen molar-refractivity contribution in [2.45, 2.75) is 62.7 Å². The van der Waals surface area contributed by atoms with Gasteiger partial charge in [-0.05, 0) is 69.2 Å². The number of hydrogen-bond acceptors (Lipinski definition) is 3. The summed E-state index contributed by atoms with van der Waals surface area (Å²) in [6, 6.07) is 0.438. The summed E-state index contributed by atoms with van der Waals surface area (Å²) in [4.78, 5) is 0. The monoisotopic (exact) mass is 285 g/mol. The van der Waals surface area contributed by atoms with Gasteiger partial charge in [0.1, 0.15) is 9.84 Å². The number of rotatable bonds is 6. The minimum absolute atomic E-state index is 0.0981. The largest absolute Gasteiger partial charge is 0.314 e. The van der Waals surface area contributed by atoms with Crippen molar-refractivity contribution >= 4 is 9.84 Å². The molecule has 0 aromatic carbocycles. The van der Waals surface area contributed by atoms with Crippen molar-refractivity contribution < 1.29 is 8.42 Å². The molecule has 0 heterocycles. The molecule has 3 rings (SSSR count). The lowest BCUT2D eigenvalue weighted by Crippen LogP contribution is -2.41. The first-order valence-corrected chi connectivity index (χ1v) is 9.91. The Bertz CT molecular complexity index is 400. The van der Waals surface area contributed by atoms with Crippen LogP contribution in [0, 0.1) is 17.8 Å². The van der Waals surface area contributed by atoms with Crippen LogP contribution in [0.25, 0.3) is 0 Å². The van der Waals surface area contributed by atoms with Crippen molar-refractivity contribution in [1.82, 2.24) is 5.32 Å². The Morgan fingerprint density at radius 2 is 1.68 bits per heavy atom. The number of sulfone groups is 1. The van der Waals surface area contributed by atoms with Gasteiger partial charge in [0.25, 0.3) is 0 Å². The van der Waals surface area contributed by atoms with E-state index in [1.807, 2.05) is 0 Å². The summed E-state index contributed by atoms with van der Waals surface area (Å²) in [5, 5.41) is 3.60. The summed E-state index contributed by atoms with van der Waals surface area (Å²) >= 11 is 0. The fraction of sp³-hybridized carbons (Fsp3) is 1.00. The van der Waals surface area contributed by atoms with Crippen LogP contribution in [0.3, 0.4) is 0 Å². The maximum Gasteiger partial charge on any atom is 0.150 e. The SMILES string of the molecule is CS(=O)(=O)C1CCCC(NCC(C2CC2)C2CC2)C1. The van der Waals surface area contributed by atoms with Crippen LogP contribution in [0.4, 0.5) is 0 Å². The van der Waals surface area contributed by atoms with E-state index in [2.05, 4.69) is 5.32 Å². The summed E-state index contributed by atoms with van der Waals surface area (Å²) in [7, 11) is -2.85. The Morgan fingerprint density at radius 1 is 1.05 bits per heavy atom. The van der Waals surface area contributed by atoms with Crippen LogP contribution in [0.15, 0.2) is 0 Å². The second kappa shape index (κ2) is 5.36. The first-order chi connectivity index (χ1) is 9.04. The molecule has 0 aromatic heterocycles. The summed E-state index contributed by atoms with van der Waals surface area (Å²) in [5.41, 5.74) is 0. The van der Waals surface area contributed by atoms with E-state index >= 15 is 0 Å². The molecule has 3 saturated carbocycles. The molecule has 3 aliphatic carbocycles. The Balaban J connectivity index is 1.49. The van der Waals surface area contributed by atoms with Gasteiger partial charge in [-0.25, -0.2) is 8.42 Å². The molecule has 3 aliphatic rings. The van der Waals surface area contributed by atoms with Gasteiger partial charge in [0, 0.05) is 12.3 Å². The number of nitrogens with one attached hydrogen (secondary N) is 1. The molecular weight excluding hydrogens is 258 g/mol. The molecule has 0 bridgehead atoms. The van der Waals surface area contributed by atoms with Gasteiger partial charge in [0.05, 0.1) is 5.25 Å². The Hall–Kier alpha value is -0.0900. The molecule has 0 radical (unpaired) electrons. The Morgan fingerprint density at radius 3 is 2.21 bits per heavy atom. The van der Waals surface area contributed by atoms with Gasteiger partial charge in [-0.15, -0.1) is 0 Å². The molecule has 4 heteroatoms. The molecule has 3 nitrogen and oxygen atoms in total. The van der Waals surface area contributed by atoms with Crippen molar-refractivity contribution in [3.63, 3.8) is 0 Å². The van der Waals surface area contributed by atoms with Gasteiger partial charge in [0.15, 0.2) is 0 Å². The highest BCUT2D eigenvalue weighted by Gasteiger charge is 2.41. The van der Waals surface area contributed by atoms with Gasteiger partial charge < -0.3 is 5.32 Å². The summed E-state index contributed by atoms with van der Waals surface area (Å²) in [5.74, 6) is 2.85. The second-order valence-corrected chi connectivity index (χ2v) is 9.39. The molecule has 2 atom stereocenters. The van der Waals surface area contributed by atoms with E-state index in [9.17, 15) is 8.42 Å². The molecule has 1 N–H and O–H groups in total. The van der Waals surface area contributed by atoms with Crippen LogP contribution in [-0.2, 0) is 9.84 Å². The van der Waals surface area contributed by atoms with Crippen LogP contribution in [-0.4, -0.2) is 32.5 Å². The van der Waals surface area contributed by atoms with Gasteiger partial charge in [0.2, 0.25) is 0 Å². The Kier molecular flexibility index (Phi) is 3.91. The first kappa shape index (κ1) is 13.9. The fourth-order valence-corrected chi connectivity index (χ4v) is 4.97. The minimum Gasteiger partial charge on any atom is -0.314 e. The van der Waals surface area contributed by atoms with Crippen LogP contribution in [0.5, 0.6) is 0 Å². The predicted molar refractivity (Wildman–Crippen MR) is 77.8 cm³/mol. The van der Waals surface area contributed by atoms with Gasteiger partial charge in [-0.3, -0.25) is 0 Å². The standard InChI is InChI=1S/C15H27NO2S/c1-19(17,18)14-4-2-3-13(9-14)16-10-15(11-5-6-11)12-7-8-12/h11-16H,2-10H2,1H3. The Labute approximate surface area is 117 Å². The maximum absolute atomic E-state index is 11.7. The summed E-state index contributed by atoms with van der Waals surface area (Å²) < 4.78 is 23.4. The van der Waals surface area contributed by atoms with Gasteiger partial charge in [-0.1, -0.05) is 6.42 Å². The number of hydrogen-bond donors (Lipinski definition) is 1. The summed E-state index contributed by atoms with van der Waals surface area (Å²) in [6.07, 6.45) is 11.0. The highest BCUT2D eigenvalue weighted by atomic mass is 32.2. The van der Waals surface area contributed by atoms with E-state index in [1.165, 1.54) is 31.9 Å². The van der Waals surface area contributed by atoms with Crippen LogP contribution in [0.2, 0.25) is 0 Å². The van der Waals surface area contributed by atoms with Crippen LogP contribution < -0.4 is 5.32 Å². The van der Waals surface area contributed by atoms with Crippen molar-refractivity contribution in [3.8, 4) is 0 Å². The van der Waals surface area contributed by atoms with Gasteiger partial charge in [-0.2, -0.15) is 0 Å². The normalized spacial score (nSPS) is 32.7.